The molecule has 0 amide bonds. The maximum Gasteiger partial charge on any atom is 0.241 e. The van der Waals surface area contributed by atoms with Gasteiger partial charge in [-0.2, -0.15) is 0 Å². The molecule has 0 aromatic carbocycles. The highest BCUT2D eigenvalue weighted by Gasteiger charge is 2.21. The van der Waals surface area contributed by atoms with Gasteiger partial charge in [-0.3, -0.25) is 0 Å². The molecule has 2 rings (SSSR count). The lowest BCUT2D eigenvalue weighted by atomic mass is 10.2. The van der Waals surface area contributed by atoms with Crippen LogP contribution in [0.5, 0.6) is 0 Å². The molecule has 5 nitrogen and oxygen atoms in total. The topological polar surface area (TPSA) is 67.4 Å². The number of hydrogen-bond acceptors (Lipinski definition) is 5. The lowest BCUT2D eigenvalue weighted by molar-refractivity contribution is 0.105. The third-order valence-electron chi connectivity index (χ3n) is 3.49. The molecule has 0 radical (unpaired) electrons. The minimum absolute atomic E-state index is 0.209. The predicted octanol–water partition coefficient (Wildman–Crippen LogP) is 2.10. The van der Waals surface area contributed by atoms with E-state index in [4.69, 9.17) is 4.74 Å². The van der Waals surface area contributed by atoms with Crippen molar-refractivity contribution in [2.75, 3.05) is 19.7 Å². The molecule has 120 valence electrons. The summed E-state index contributed by atoms with van der Waals surface area (Å²) in [4.78, 5) is 1.27. The van der Waals surface area contributed by atoms with Crippen molar-refractivity contribution in [3.63, 3.8) is 0 Å². The Morgan fingerprint density at radius 1 is 1.43 bits per heavy atom. The molecule has 21 heavy (non-hydrogen) atoms. The average Bonchev–Trinajstić information content (AvgIpc) is 3.10. The number of sulfonamides is 1. The Balaban J connectivity index is 1.87. The second kappa shape index (κ2) is 8.24. The van der Waals surface area contributed by atoms with Gasteiger partial charge in [0.1, 0.15) is 0 Å². The Bertz CT molecular complexity index is 522. The third kappa shape index (κ3) is 5.03. The van der Waals surface area contributed by atoms with Gasteiger partial charge in [0.05, 0.1) is 11.0 Å². The van der Waals surface area contributed by atoms with E-state index in [0.29, 0.717) is 18.0 Å². The highest BCUT2D eigenvalue weighted by Crippen LogP contribution is 2.22. The summed E-state index contributed by atoms with van der Waals surface area (Å²) >= 11 is 1.48. The Labute approximate surface area is 131 Å². The zero-order chi connectivity index (χ0) is 15.1. The van der Waals surface area contributed by atoms with E-state index in [1.54, 1.807) is 6.07 Å². The molecule has 1 unspecified atom stereocenters. The fourth-order valence-corrected chi connectivity index (χ4v) is 4.84. The fraction of sp³-hybridized carbons (Fsp3) is 0.714. The van der Waals surface area contributed by atoms with E-state index >= 15 is 0 Å². The fourth-order valence-electron chi connectivity index (χ4n) is 2.38. The van der Waals surface area contributed by atoms with Crippen molar-refractivity contribution in [1.82, 2.24) is 10.0 Å². The van der Waals surface area contributed by atoms with Gasteiger partial charge < -0.3 is 10.1 Å². The molecule has 1 fully saturated rings. The van der Waals surface area contributed by atoms with Gasteiger partial charge in [-0.25, -0.2) is 13.1 Å². The first-order valence-electron chi connectivity index (χ1n) is 7.52. The van der Waals surface area contributed by atoms with Crippen LogP contribution in [0.2, 0.25) is 0 Å². The SMILES string of the molecule is CCCNCc1sccc1S(=O)(=O)NCCC1CCCO1. The molecule has 1 aliphatic heterocycles. The van der Waals surface area contributed by atoms with E-state index in [2.05, 4.69) is 17.0 Å². The van der Waals surface area contributed by atoms with Crippen LogP contribution in [0.25, 0.3) is 0 Å². The molecule has 1 aromatic rings. The first-order chi connectivity index (χ1) is 10.1. The van der Waals surface area contributed by atoms with Crippen molar-refractivity contribution in [3.8, 4) is 0 Å². The number of hydrogen-bond donors (Lipinski definition) is 2. The minimum atomic E-state index is -3.41. The summed E-state index contributed by atoms with van der Waals surface area (Å²) in [5.41, 5.74) is 0. The van der Waals surface area contributed by atoms with Crippen LogP contribution in [-0.2, 0) is 21.3 Å². The summed E-state index contributed by atoms with van der Waals surface area (Å²) in [6.45, 7) is 4.82. The number of thiophene rings is 1. The van der Waals surface area contributed by atoms with E-state index in [-0.39, 0.29) is 6.10 Å². The lowest BCUT2D eigenvalue weighted by Gasteiger charge is -2.11. The Kier molecular flexibility index (Phi) is 6.63. The highest BCUT2D eigenvalue weighted by molar-refractivity contribution is 7.89. The van der Waals surface area contributed by atoms with E-state index in [0.717, 1.165) is 43.7 Å². The molecule has 0 bridgehead atoms. The van der Waals surface area contributed by atoms with Crippen LogP contribution >= 0.6 is 11.3 Å². The summed E-state index contributed by atoms with van der Waals surface area (Å²) in [7, 11) is -3.41. The molecule has 1 aliphatic rings. The second-order valence-electron chi connectivity index (χ2n) is 5.21. The smallest absolute Gasteiger partial charge is 0.241 e. The van der Waals surface area contributed by atoms with Crippen LogP contribution in [0, 0.1) is 0 Å². The molecular weight excluding hydrogens is 308 g/mol. The molecule has 1 saturated heterocycles. The van der Waals surface area contributed by atoms with Crippen LogP contribution in [0.1, 0.15) is 37.5 Å². The van der Waals surface area contributed by atoms with Crippen molar-refractivity contribution in [1.29, 1.82) is 0 Å². The second-order valence-corrected chi connectivity index (χ2v) is 7.94. The molecule has 2 heterocycles. The highest BCUT2D eigenvalue weighted by atomic mass is 32.2. The molecule has 0 aliphatic carbocycles. The zero-order valence-corrected chi connectivity index (χ0v) is 14.1. The Morgan fingerprint density at radius 3 is 3.00 bits per heavy atom. The first kappa shape index (κ1) is 16.9. The van der Waals surface area contributed by atoms with Gasteiger partial charge in [-0.05, 0) is 43.7 Å². The van der Waals surface area contributed by atoms with E-state index in [9.17, 15) is 8.42 Å². The van der Waals surface area contributed by atoms with Crippen molar-refractivity contribution in [2.24, 2.45) is 0 Å². The van der Waals surface area contributed by atoms with Gasteiger partial charge in [-0.1, -0.05) is 6.92 Å². The summed E-state index contributed by atoms with van der Waals surface area (Å²) in [6, 6.07) is 1.68. The zero-order valence-electron chi connectivity index (χ0n) is 12.4. The van der Waals surface area contributed by atoms with Crippen molar-refractivity contribution in [2.45, 2.75) is 50.2 Å². The summed E-state index contributed by atoms with van der Waals surface area (Å²) in [5.74, 6) is 0. The molecule has 7 heteroatoms. The standard InChI is InChI=1S/C14H24N2O3S2/c1-2-7-15-11-13-14(6-10-20-13)21(17,18)16-8-5-12-4-3-9-19-12/h6,10,12,15-16H,2-5,7-9,11H2,1H3. The van der Waals surface area contributed by atoms with Crippen LogP contribution in [0.3, 0.4) is 0 Å². The molecule has 0 spiro atoms. The lowest BCUT2D eigenvalue weighted by Crippen LogP contribution is -2.28. The van der Waals surface area contributed by atoms with Gasteiger partial charge in [0.15, 0.2) is 0 Å². The van der Waals surface area contributed by atoms with Gasteiger partial charge in [-0.15, -0.1) is 11.3 Å². The van der Waals surface area contributed by atoms with Gasteiger partial charge in [0.25, 0.3) is 0 Å². The number of rotatable bonds is 9. The van der Waals surface area contributed by atoms with Gasteiger partial charge in [0.2, 0.25) is 10.0 Å². The van der Waals surface area contributed by atoms with Crippen molar-refractivity contribution >= 4 is 21.4 Å². The quantitative estimate of drug-likeness (QED) is 0.680. The minimum Gasteiger partial charge on any atom is -0.378 e. The molecule has 2 N–H and O–H groups in total. The molecular formula is C14H24N2O3S2. The molecule has 1 aromatic heterocycles. The van der Waals surface area contributed by atoms with E-state index in [1.165, 1.54) is 11.3 Å². The monoisotopic (exact) mass is 332 g/mol. The first-order valence-corrected chi connectivity index (χ1v) is 9.88. The summed E-state index contributed by atoms with van der Waals surface area (Å²) in [6.07, 6.45) is 4.10. The van der Waals surface area contributed by atoms with Crippen molar-refractivity contribution in [3.05, 3.63) is 16.3 Å². The largest absolute Gasteiger partial charge is 0.378 e. The molecule has 1 atom stereocenters. The van der Waals surface area contributed by atoms with Crippen molar-refractivity contribution < 1.29 is 13.2 Å². The number of nitrogens with one attached hydrogen (secondary N) is 2. The van der Waals surface area contributed by atoms with Crippen LogP contribution in [-0.4, -0.2) is 34.2 Å². The van der Waals surface area contributed by atoms with Crippen LogP contribution in [0.4, 0.5) is 0 Å². The normalized spacial score (nSPS) is 19.2. The summed E-state index contributed by atoms with van der Waals surface area (Å²) in [5, 5.41) is 5.08. The summed E-state index contributed by atoms with van der Waals surface area (Å²) < 4.78 is 32.9. The van der Waals surface area contributed by atoms with Gasteiger partial charge in [0, 0.05) is 24.6 Å². The van der Waals surface area contributed by atoms with E-state index < -0.39 is 10.0 Å². The maximum atomic E-state index is 12.3. The average molecular weight is 332 g/mol. The molecule has 0 saturated carbocycles. The van der Waals surface area contributed by atoms with Crippen LogP contribution < -0.4 is 10.0 Å². The van der Waals surface area contributed by atoms with Crippen LogP contribution in [0.15, 0.2) is 16.3 Å². The Morgan fingerprint density at radius 2 is 2.29 bits per heavy atom. The van der Waals surface area contributed by atoms with E-state index in [1.807, 2.05) is 5.38 Å². The third-order valence-corrected chi connectivity index (χ3v) is 6.08. The maximum absolute atomic E-state index is 12.3. The Hall–Kier alpha value is -0.470. The number of ether oxygens (including phenoxy) is 1. The van der Waals surface area contributed by atoms with Gasteiger partial charge >= 0.3 is 0 Å². The predicted molar refractivity (Wildman–Crippen MR) is 85.1 cm³/mol.